The van der Waals surface area contributed by atoms with E-state index >= 15 is 0 Å². The number of pyridine rings is 1. The molecule has 0 spiro atoms. The fourth-order valence-corrected chi connectivity index (χ4v) is 5.07. The first-order valence-corrected chi connectivity index (χ1v) is 12.7. The molecule has 7 nitrogen and oxygen atoms in total. The number of rotatable bonds is 9. The molecule has 1 amide bonds. The molecule has 2 heterocycles. The summed E-state index contributed by atoms with van der Waals surface area (Å²) in [4.78, 5) is 21.0. The Morgan fingerprint density at radius 2 is 1.79 bits per heavy atom. The second-order valence-corrected chi connectivity index (χ2v) is 10.1. The predicted molar refractivity (Wildman–Crippen MR) is 128 cm³/mol. The van der Waals surface area contributed by atoms with Gasteiger partial charge in [-0.25, -0.2) is 22.5 Å². The summed E-state index contributed by atoms with van der Waals surface area (Å²) in [5.41, 5.74) is 2.69. The number of carbonyl (C=O) groups excluding carboxylic acids is 1. The smallest absolute Gasteiger partial charge is 0.240 e. The van der Waals surface area contributed by atoms with Gasteiger partial charge in [0.15, 0.2) is 0 Å². The van der Waals surface area contributed by atoms with Gasteiger partial charge in [0.1, 0.15) is 10.8 Å². The Morgan fingerprint density at radius 3 is 2.56 bits per heavy atom. The lowest BCUT2D eigenvalue weighted by Gasteiger charge is -2.09. The molecule has 174 valence electrons. The zero-order valence-corrected chi connectivity index (χ0v) is 19.6. The molecule has 2 aromatic heterocycles. The normalized spacial score (nSPS) is 11.3. The summed E-state index contributed by atoms with van der Waals surface area (Å²) in [6, 6.07) is 15.8. The maximum Gasteiger partial charge on any atom is 0.240 e. The van der Waals surface area contributed by atoms with E-state index < -0.39 is 15.8 Å². The van der Waals surface area contributed by atoms with Crippen molar-refractivity contribution in [2.45, 2.75) is 24.4 Å². The van der Waals surface area contributed by atoms with E-state index in [0.29, 0.717) is 16.8 Å². The van der Waals surface area contributed by atoms with Crippen molar-refractivity contribution >= 4 is 27.3 Å². The molecule has 2 N–H and O–H groups in total. The Balaban J connectivity index is 1.33. The first kappa shape index (κ1) is 23.7. The highest BCUT2D eigenvalue weighted by molar-refractivity contribution is 7.89. The molecule has 0 fully saturated rings. The molecule has 0 atom stereocenters. The SMILES string of the molecule is O=C(Cc1csc(-c2cccnc2)n1)NCc1cccc(S(=O)(=O)NCc2cccc(F)c2)c1. The second-order valence-electron chi connectivity index (χ2n) is 7.44. The van der Waals surface area contributed by atoms with Gasteiger partial charge in [-0.3, -0.25) is 9.78 Å². The molecule has 34 heavy (non-hydrogen) atoms. The van der Waals surface area contributed by atoms with Crippen molar-refractivity contribution in [3.05, 3.63) is 101 Å². The molecule has 4 aromatic rings. The Morgan fingerprint density at radius 1 is 1.00 bits per heavy atom. The van der Waals surface area contributed by atoms with Gasteiger partial charge in [-0.05, 0) is 47.5 Å². The summed E-state index contributed by atoms with van der Waals surface area (Å²) in [7, 11) is -3.80. The molecule has 2 aromatic carbocycles. The van der Waals surface area contributed by atoms with Crippen molar-refractivity contribution in [3.63, 3.8) is 0 Å². The number of hydrogen-bond donors (Lipinski definition) is 2. The third-order valence-corrected chi connectivity index (χ3v) is 7.19. The van der Waals surface area contributed by atoms with Crippen molar-refractivity contribution in [1.29, 1.82) is 0 Å². The zero-order chi connectivity index (χ0) is 24.0. The van der Waals surface area contributed by atoms with E-state index in [1.54, 1.807) is 30.6 Å². The molecular formula is C24H21FN4O3S2. The second kappa shape index (κ2) is 10.6. The number of nitrogens with zero attached hydrogens (tertiary/aromatic N) is 2. The number of aromatic nitrogens is 2. The number of carbonyl (C=O) groups is 1. The monoisotopic (exact) mass is 496 g/mol. The molecule has 4 rings (SSSR count). The van der Waals surface area contributed by atoms with E-state index in [2.05, 4.69) is 20.0 Å². The van der Waals surface area contributed by atoms with E-state index in [0.717, 1.165) is 10.6 Å². The van der Waals surface area contributed by atoms with Gasteiger partial charge in [0.05, 0.1) is 17.0 Å². The lowest BCUT2D eigenvalue weighted by Crippen LogP contribution is -2.25. The summed E-state index contributed by atoms with van der Waals surface area (Å²) in [5.74, 6) is -0.652. The molecule has 0 aliphatic carbocycles. The van der Waals surface area contributed by atoms with Crippen LogP contribution in [0.25, 0.3) is 10.6 Å². The maximum absolute atomic E-state index is 13.3. The number of amides is 1. The van der Waals surface area contributed by atoms with Crippen molar-refractivity contribution in [2.24, 2.45) is 0 Å². The maximum atomic E-state index is 13.3. The molecule has 10 heteroatoms. The van der Waals surface area contributed by atoms with Crippen LogP contribution in [0.3, 0.4) is 0 Å². The number of nitrogens with one attached hydrogen (secondary N) is 2. The van der Waals surface area contributed by atoms with Crippen molar-refractivity contribution in [2.75, 3.05) is 0 Å². The van der Waals surface area contributed by atoms with Gasteiger partial charge in [0, 0.05) is 36.4 Å². The van der Waals surface area contributed by atoms with E-state index in [1.807, 2.05) is 17.5 Å². The first-order valence-electron chi connectivity index (χ1n) is 10.3. The average Bonchev–Trinajstić information content (AvgIpc) is 3.31. The lowest BCUT2D eigenvalue weighted by molar-refractivity contribution is -0.120. The van der Waals surface area contributed by atoms with Crippen LogP contribution in [-0.4, -0.2) is 24.3 Å². The van der Waals surface area contributed by atoms with Gasteiger partial charge in [0.25, 0.3) is 0 Å². The van der Waals surface area contributed by atoms with Crippen LogP contribution in [0.4, 0.5) is 4.39 Å². The minimum absolute atomic E-state index is 0.0320. The standard InChI is InChI=1S/C24H21FN4O3S2/c25-20-7-1-4-17(10-20)14-28-34(31,32)22-8-2-5-18(11-22)13-27-23(30)12-21-16-33-24(29-21)19-6-3-9-26-15-19/h1-11,15-16,28H,12-14H2,(H,27,30). The van der Waals surface area contributed by atoms with Crippen LogP contribution in [-0.2, 0) is 34.3 Å². The van der Waals surface area contributed by atoms with Crippen LogP contribution < -0.4 is 10.0 Å². The van der Waals surface area contributed by atoms with E-state index in [9.17, 15) is 17.6 Å². The van der Waals surface area contributed by atoms with Crippen molar-refractivity contribution in [1.82, 2.24) is 20.0 Å². The van der Waals surface area contributed by atoms with Gasteiger partial charge in [0.2, 0.25) is 15.9 Å². The highest BCUT2D eigenvalue weighted by Crippen LogP contribution is 2.22. The van der Waals surface area contributed by atoms with E-state index in [1.165, 1.54) is 41.7 Å². The van der Waals surface area contributed by atoms with Gasteiger partial charge in [-0.2, -0.15) is 0 Å². The average molecular weight is 497 g/mol. The Hall–Kier alpha value is -3.47. The zero-order valence-electron chi connectivity index (χ0n) is 17.9. The molecule has 0 unspecified atom stereocenters. The van der Waals surface area contributed by atoms with Crippen LogP contribution >= 0.6 is 11.3 Å². The largest absolute Gasteiger partial charge is 0.352 e. The van der Waals surface area contributed by atoms with Crippen LogP contribution in [0, 0.1) is 5.82 Å². The topological polar surface area (TPSA) is 101 Å². The van der Waals surface area contributed by atoms with Crippen LogP contribution in [0.5, 0.6) is 0 Å². The fraction of sp³-hybridized carbons (Fsp3) is 0.125. The Bertz CT molecular complexity index is 1390. The summed E-state index contributed by atoms with van der Waals surface area (Å²) < 4.78 is 41.1. The highest BCUT2D eigenvalue weighted by atomic mass is 32.2. The van der Waals surface area contributed by atoms with E-state index in [-0.39, 0.29) is 30.3 Å². The third-order valence-electron chi connectivity index (χ3n) is 4.86. The van der Waals surface area contributed by atoms with Gasteiger partial charge in [-0.15, -0.1) is 11.3 Å². The number of halogens is 1. The molecular weight excluding hydrogens is 475 g/mol. The van der Waals surface area contributed by atoms with Gasteiger partial charge >= 0.3 is 0 Å². The molecule has 0 radical (unpaired) electrons. The third kappa shape index (κ3) is 6.31. The minimum atomic E-state index is -3.80. The van der Waals surface area contributed by atoms with Crippen LogP contribution in [0.15, 0.2) is 83.3 Å². The van der Waals surface area contributed by atoms with E-state index in [4.69, 9.17) is 0 Å². The quantitative estimate of drug-likeness (QED) is 0.368. The number of benzene rings is 2. The Kier molecular flexibility index (Phi) is 7.41. The minimum Gasteiger partial charge on any atom is -0.352 e. The highest BCUT2D eigenvalue weighted by Gasteiger charge is 2.15. The molecule has 0 bridgehead atoms. The molecule has 0 saturated carbocycles. The summed E-state index contributed by atoms with van der Waals surface area (Å²) in [5, 5.41) is 5.42. The molecule has 0 saturated heterocycles. The van der Waals surface area contributed by atoms with Crippen molar-refractivity contribution in [3.8, 4) is 10.6 Å². The van der Waals surface area contributed by atoms with Crippen molar-refractivity contribution < 1.29 is 17.6 Å². The van der Waals surface area contributed by atoms with Gasteiger partial charge in [-0.1, -0.05) is 24.3 Å². The van der Waals surface area contributed by atoms with Gasteiger partial charge < -0.3 is 5.32 Å². The number of hydrogen-bond acceptors (Lipinski definition) is 6. The van der Waals surface area contributed by atoms with Crippen LogP contribution in [0.1, 0.15) is 16.8 Å². The van der Waals surface area contributed by atoms with Crippen LogP contribution in [0.2, 0.25) is 0 Å². The predicted octanol–water partition coefficient (Wildman–Crippen LogP) is 3.68. The molecule has 0 aliphatic heterocycles. The first-order chi connectivity index (χ1) is 16.4. The summed E-state index contributed by atoms with van der Waals surface area (Å²) >= 11 is 1.44. The molecule has 0 aliphatic rings. The lowest BCUT2D eigenvalue weighted by atomic mass is 10.2. The summed E-state index contributed by atoms with van der Waals surface area (Å²) in [6.07, 6.45) is 3.52. The fourth-order valence-electron chi connectivity index (χ4n) is 3.17. The Labute approximate surface area is 200 Å². The number of thiazole rings is 1. The number of sulfonamides is 1. The summed E-state index contributed by atoms with van der Waals surface area (Å²) in [6.45, 7) is 0.140.